The Hall–Kier alpha value is -2.18. The molecule has 0 saturated carbocycles. The zero-order valence-electron chi connectivity index (χ0n) is 18.3. The molecule has 0 radical (unpaired) electrons. The topological polar surface area (TPSA) is 90.6 Å². The molecular weight excluding hydrogens is 368 g/mol. The molecule has 0 fully saturated rings. The van der Waals surface area contributed by atoms with Crippen LogP contribution in [0.2, 0.25) is 0 Å². The molecule has 160 valence electrons. The van der Waals surface area contributed by atoms with E-state index in [0.717, 1.165) is 17.7 Å². The fourth-order valence-corrected chi connectivity index (χ4v) is 4.06. The Bertz CT molecular complexity index is 772. The van der Waals surface area contributed by atoms with Crippen molar-refractivity contribution in [1.29, 1.82) is 0 Å². The zero-order chi connectivity index (χ0) is 21.6. The SMILES string of the molecule is C/C=C\C(=C/C)C1C2=C(CC(C)(C)CC2=O)NC(COCCN)=C1C(=O)OCC. The van der Waals surface area contributed by atoms with Crippen LogP contribution in [0.4, 0.5) is 0 Å². The molecule has 0 saturated heterocycles. The highest BCUT2D eigenvalue weighted by atomic mass is 16.5. The smallest absolute Gasteiger partial charge is 0.336 e. The lowest BCUT2D eigenvalue weighted by atomic mass is 9.68. The van der Waals surface area contributed by atoms with E-state index in [1.54, 1.807) is 6.92 Å². The Morgan fingerprint density at radius 3 is 2.62 bits per heavy atom. The molecule has 0 spiro atoms. The number of carbonyl (C=O) groups excluding carboxylic acids is 2. The van der Waals surface area contributed by atoms with Crippen LogP contribution in [-0.2, 0) is 19.1 Å². The lowest BCUT2D eigenvalue weighted by Gasteiger charge is -2.40. The van der Waals surface area contributed by atoms with Crippen molar-refractivity contribution >= 4 is 11.8 Å². The van der Waals surface area contributed by atoms with Gasteiger partial charge in [0.05, 0.1) is 31.1 Å². The number of Topliss-reactive ketones (excluding diaryl/α,β-unsaturated/α-hetero) is 1. The minimum Gasteiger partial charge on any atom is -0.463 e. The molecule has 6 heteroatoms. The monoisotopic (exact) mass is 402 g/mol. The molecule has 0 aromatic rings. The summed E-state index contributed by atoms with van der Waals surface area (Å²) in [5.74, 6) is -0.822. The van der Waals surface area contributed by atoms with Gasteiger partial charge in [-0.2, -0.15) is 0 Å². The number of ketones is 1. The number of nitrogens with one attached hydrogen (secondary N) is 1. The molecule has 1 aliphatic carbocycles. The highest BCUT2D eigenvalue weighted by Gasteiger charge is 2.43. The van der Waals surface area contributed by atoms with E-state index in [0.29, 0.717) is 36.4 Å². The van der Waals surface area contributed by atoms with Gasteiger partial charge in [0.1, 0.15) is 0 Å². The van der Waals surface area contributed by atoms with Gasteiger partial charge in [-0.25, -0.2) is 4.79 Å². The summed E-state index contributed by atoms with van der Waals surface area (Å²) < 4.78 is 11.0. The largest absolute Gasteiger partial charge is 0.463 e. The molecule has 0 aromatic heterocycles. The molecule has 1 unspecified atom stereocenters. The molecular formula is C23H34N2O4. The second-order valence-electron chi connectivity index (χ2n) is 8.13. The summed E-state index contributed by atoms with van der Waals surface area (Å²) >= 11 is 0. The lowest BCUT2D eigenvalue weighted by molar-refractivity contribution is -0.139. The van der Waals surface area contributed by atoms with Crippen LogP contribution in [-0.4, -0.2) is 38.1 Å². The summed E-state index contributed by atoms with van der Waals surface area (Å²) in [6, 6.07) is 0. The van der Waals surface area contributed by atoms with Gasteiger partial charge in [0.25, 0.3) is 0 Å². The summed E-state index contributed by atoms with van der Waals surface area (Å²) in [5.41, 5.74) is 8.95. The highest BCUT2D eigenvalue weighted by Crippen LogP contribution is 2.45. The van der Waals surface area contributed by atoms with Crippen LogP contribution in [0.3, 0.4) is 0 Å². The Balaban J connectivity index is 2.66. The predicted molar refractivity (Wildman–Crippen MR) is 114 cm³/mol. The second-order valence-corrected chi connectivity index (χ2v) is 8.13. The lowest BCUT2D eigenvalue weighted by Crippen LogP contribution is -2.41. The van der Waals surface area contributed by atoms with E-state index in [1.165, 1.54) is 0 Å². The Morgan fingerprint density at radius 1 is 1.31 bits per heavy atom. The van der Waals surface area contributed by atoms with Crippen molar-refractivity contribution in [3.63, 3.8) is 0 Å². The van der Waals surface area contributed by atoms with Crippen molar-refractivity contribution in [2.24, 2.45) is 17.1 Å². The molecule has 0 aromatic carbocycles. The third-order valence-corrected chi connectivity index (χ3v) is 5.15. The first-order valence-electron chi connectivity index (χ1n) is 10.3. The number of allylic oxidation sites excluding steroid dienone is 6. The molecule has 0 bridgehead atoms. The highest BCUT2D eigenvalue weighted by molar-refractivity contribution is 6.03. The van der Waals surface area contributed by atoms with E-state index >= 15 is 0 Å². The third-order valence-electron chi connectivity index (χ3n) is 5.15. The maximum atomic E-state index is 13.2. The predicted octanol–water partition coefficient (Wildman–Crippen LogP) is 3.16. The van der Waals surface area contributed by atoms with Gasteiger partial charge >= 0.3 is 5.97 Å². The third kappa shape index (κ3) is 5.25. The molecule has 1 heterocycles. The van der Waals surface area contributed by atoms with Crippen molar-refractivity contribution in [2.45, 2.75) is 47.5 Å². The normalized spacial score (nSPS) is 22.1. The van der Waals surface area contributed by atoms with Crippen LogP contribution in [0.25, 0.3) is 0 Å². The molecule has 6 nitrogen and oxygen atoms in total. The van der Waals surface area contributed by atoms with E-state index < -0.39 is 11.9 Å². The van der Waals surface area contributed by atoms with Crippen LogP contribution in [0.15, 0.2) is 46.3 Å². The van der Waals surface area contributed by atoms with Crippen LogP contribution >= 0.6 is 0 Å². The van der Waals surface area contributed by atoms with Crippen LogP contribution in [0.1, 0.15) is 47.5 Å². The van der Waals surface area contributed by atoms with Gasteiger partial charge < -0.3 is 20.5 Å². The van der Waals surface area contributed by atoms with Crippen LogP contribution < -0.4 is 11.1 Å². The summed E-state index contributed by atoms with van der Waals surface area (Å²) in [4.78, 5) is 26.2. The van der Waals surface area contributed by atoms with Crippen molar-refractivity contribution in [2.75, 3.05) is 26.4 Å². The van der Waals surface area contributed by atoms with Gasteiger partial charge in [-0.05, 0) is 38.2 Å². The molecule has 2 rings (SSSR count). The maximum Gasteiger partial charge on any atom is 0.336 e. The fraction of sp³-hybridized carbons (Fsp3) is 0.565. The van der Waals surface area contributed by atoms with Gasteiger partial charge in [0.2, 0.25) is 0 Å². The molecule has 0 amide bonds. The van der Waals surface area contributed by atoms with Gasteiger partial charge in [-0.1, -0.05) is 32.1 Å². The molecule has 29 heavy (non-hydrogen) atoms. The number of ether oxygens (including phenoxy) is 2. The van der Waals surface area contributed by atoms with Crippen LogP contribution in [0.5, 0.6) is 0 Å². The number of rotatable bonds is 8. The number of hydrogen-bond donors (Lipinski definition) is 2. The van der Waals surface area contributed by atoms with Crippen molar-refractivity contribution in [3.05, 3.63) is 46.3 Å². The van der Waals surface area contributed by atoms with Gasteiger partial charge in [0.15, 0.2) is 5.78 Å². The van der Waals surface area contributed by atoms with Gasteiger partial charge in [-0.3, -0.25) is 4.79 Å². The van der Waals surface area contributed by atoms with E-state index in [2.05, 4.69) is 19.2 Å². The van der Waals surface area contributed by atoms with Crippen molar-refractivity contribution in [3.8, 4) is 0 Å². The molecule has 3 N–H and O–H groups in total. The van der Waals surface area contributed by atoms with E-state index in [9.17, 15) is 9.59 Å². The number of esters is 1. The first-order valence-corrected chi connectivity index (χ1v) is 10.3. The Morgan fingerprint density at radius 2 is 2.03 bits per heavy atom. The summed E-state index contributed by atoms with van der Waals surface area (Å²) in [6.07, 6.45) is 7.00. The standard InChI is InChI=1S/C23H34N2O4/c1-6-9-15(7-2)19-20-16(12-23(4,5)13-18(20)26)25-17(14-28-11-10-24)21(19)22(27)29-8-3/h6-7,9,19,25H,8,10-14,24H2,1-5H3/b9-6-,15-7+. The Kier molecular flexibility index (Phi) is 7.99. The number of dihydropyridines is 1. The first-order chi connectivity index (χ1) is 13.8. The summed E-state index contributed by atoms with van der Waals surface area (Å²) in [5, 5.41) is 3.36. The fourth-order valence-electron chi connectivity index (χ4n) is 4.06. The maximum absolute atomic E-state index is 13.2. The minimum absolute atomic E-state index is 0.0707. The number of nitrogens with two attached hydrogens (primary N) is 1. The molecule has 1 aliphatic heterocycles. The first kappa shape index (κ1) is 23.1. The van der Waals surface area contributed by atoms with E-state index in [4.69, 9.17) is 15.2 Å². The van der Waals surface area contributed by atoms with Crippen molar-refractivity contribution < 1.29 is 19.1 Å². The van der Waals surface area contributed by atoms with Crippen LogP contribution in [0, 0.1) is 11.3 Å². The minimum atomic E-state index is -0.466. The van der Waals surface area contributed by atoms with E-state index in [1.807, 2.05) is 32.1 Å². The quantitative estimate of drug-likeness (QED) is 0.368. The molecule has 2 aliphatic rings. The van der Waals surface area contributed by atoms with Crippen molar-refractivity contribution in [1.82, 2.24) is 5.32 Å². The number of hydrogen-bond acceptors (Lipinski definition) is 6. The molecule has 1 atom stereocenters. The average Bonchev–Trinajstić information content (AvgIpc) is 2.64. The summed E-state index contributed by atoms with van der Waals surface area (Å²) in [6.45, 7) is 11.0. The summed E-state index contributed by atoms with van der Waals surface area (Å²) in [7, 11) is 0. The number of carbonyl (C=O) groups is 2. The van der Waals surface area contributed by atoms with Gasteiger partial charge in [0, 0.05) is 30.2 Å². The second kappa shape index (κ2) is 10.0. The zero-order valence-corrected chi connectivity index (χ0v) is 18.3. The van der Waals surface area contributed by atoms with Gasteiger partial charge in [-0.15, -0.1) is 0 Å². The average molecular weight is 403 g/mol. The Labute approximate surface area is 173 Å². The van der Waals surface area contributed by atoms with E-state index in [-0.39, 0.29) is 24.4 Å².